The summed E-state index contributed by atoms with van der Waals surface area (Å²) in [5, 5.41) is 3.33. The van der Waals surface area contributed by atoms with Crippen LogP contribution in [0.15, 0.2) is 43.0 Å². The van der Waals surface area contributed by atoms with Crippen LogP contribution in [-0.4, -0.2) is 52.2 Å². The predicted octanol–water partition coefficient (Wildman–Crippen LogP) is 2.16. The van der Waals surface area contributed by atoms with Gasteiger partial charge in [0.05, 0.1) is 25.1 Å². The van der Waals surface area contributed by atoms with Crippen molar-refractivity contribution in [1.29, 1.82) is 0 Å². The Bertz CT molecular complexity index is 674. The van der Waals surface area contributed by atoms with Gasteiger partial charge in [-0.1, -0.05) is 12.1 Å². The molecule has 1 N–H and O–H groups in total. The normalized spacial score (nSPS) is 22.0. The highest BCUT2D eigenvalue weighted by atomic mass is 16.5. The summed E-state index contributed by atoms with van der Waals surface area (Å²) in [5.41, 5.74) is 2.22. The number of hydrogen-bond donors (Lipinski definition) is 1. The second-order valence-electron chi connectivity index (χ2n) is 6.72. The van der Waals surface area contributed by atoms with Gasteiger partial charge < -0.3 is 19.5 Å². The van der Waals surface area contributed by atoms with Crippen LogP contribution in [0.1, 0.15) is 32.4 Å². The van der Waals surface area contributed by atoms with Gasteiger partial charge in [-0.05, 0) is 38.5 Å². The SMILES string of the molecule is C[C@@H]1CN(C(=O)CN[C@H](C)c2ccc(-n3ccnc3)cc2)C[C@H](C)O1. The van der Waals surface area contributed by atoms with Gasteiger partial charge in [0.25, 0.3) is 0 Å². The van der Waals surface area contributed by atoms with Crippen molar-refractivity contribution in [3.63, 3.8) is 0 Å². The van der Waals surface area contributed by atoms with E-state index in [1.54, 1.807) is 12.5 Å². The van der Waals surface area contributed by atoms with Crippen molar-refractivity contribution >= 4 is 5.91 Å². The summed E-state index contributed by atoms with van der Waals surface area (Å²) in [5.74, 6) is 0.129. The van der Waals surface area contributed by atoms with Gasteiger partial charge in [-0.25, -0.2) is 4.98 Å². The Morgan fingerprint density at radius 2 is 1.96 bits per heavy atom. The van der Waals surface area contributed by atoms with Crippen LogP contribution in [-0.2, 0) is 9.53 Å². The third-order valence-corrected chi connectivity index (χ3v) is 4.53. The highest BCUT2D eigenvalue weighted by molar-refractivity contribution is 5.78. The Balaban J connectivity index is 1.53. The van der Waals surface area contributed by atoms with E-state index in [2.05, 4.69) is 41.5 Å². The molecule has 1 amide bonds. The number of nitrogens with one attached hydrogen (secondary N) is 1. The molecule has 2 aromatic rings. The van der Waals surface area contributed by atoms with Crippen LogP contribution in [0.3, 0.4) is 0 Å². The molecule has 6 nitrogen and oxygen atoms in total. The quantitative estimate of drug-likeness (QED) is 0.905. The molecule has 0 aliphatic carbocycles. The topological polar surface area (TPSA) is 59.4 Å². The van der Waals surface area contributed by atoms with E-state index >= 15 is 0 Å². The molecule has 6 heteroatoms. The van der Waals surface area contributed by atoms with Gasteiger partial charge in [-0.15, -0.1) is 0 Å². The molecule has 25 heavy (non-hydrogen) atoms. The molecule has 0 spiro atoms. The molecule has 1 aliphatic heterocycles. The zero-order chi connectivity index (χ0) is 17.8. The van der Waals surface area contributed by atoms with Gasteiger partial charge in [0.2, 0.25) is 5.91 Å². The minimum Gasteiger partial charge on any atom is -0.372 e. The van der Waals surface area contributed by atoms with E-state index < -0.39 is 0 Å². The number of morpholine rings is 1. The Kier molecular flexibility index (Phi) is 5.50. The molecule has 0 saturated carbocycles. The van der Waals surface area contributed by atoms with Gasteiger partial charge in [-0.3, -0.25) is 4.79 Å². The highest BCUT2D eigenvalue weighted by Gasteiger charge is 2.25. The predicted molar refractivity (Wildman–Crippen MR) is 96.6 cm³/mol. The van der Waals surface area contributed by atoms with E-state index in [0.717, 1.165) is 11.3 Å². The number of benzene rings is 1. The first-order valence-corrected chi connectivity index (χ1v) is 8.78. The van der Waals surface area contributed by atoms with E-state index in [4.69, 9.17) is 4.74 Å². The molecule has 1 aliphatic rings. The molecule has 0 bridgehead atoms. The second kappa shape index (κ2) is 7.80. The van der Waals surface area contributed by atoms with E-state index in [-0.39, 0.29) is 24.2 Å². The number of hydrogen-bond acceptors (Lipinski definition) is 4. The Hall–Kier alpha value is -2.18. The highest BCUT2D eigenvalue weighted by Crippen LogP contribution is 2.16. The maximum atomic E-state index is 12.4. The summed E-state index contributed by atoms with van der Waals surface area (Å²) >= 11 is 0. The van der Waals surface area contributed by atoms with Gasteiger partial charge in [-0.2, -0.15) is 0 Å². The zero-order valence-corrected chi connectivity index (χ0v) is 15.1. The first kappa shape index (κ1) is 17.6. The van der Waals surface area contributed by atoms with Gasteiger partial charge in [0.1, 0.15) is 0 Å². The van der Waals surface area contributed by atoms with E-state index in [1.165, 1.54) is 0 Å². The van der Waals surface area contributed by atoms with Crippen LogP contribution in [0.2, 0.25) is 0 Å². The Labute approximate surface area is 148 Å². The number of amides is 1. The molecule has 1 aromatic carbocycles. The maximum absolute atomic E-state index is 12.4. The summed E-state index contributed by atoms with van der Waals surface area (Å²) in [6, 6.07) is 8.38. The van der Waals surface area contributed by atoms with Crippen LogP contribution >= 0.6 is 0 Å². The number of ether oxygens (including phenoxy) is 1. The second-order valence-corrected chi connectivity index (χ2v) is 6.72. The average molecular weight is 342 g/mol. The molecule has 3 atom stereocenters. The number of rotatable bonds is 5. The van der Waals surface area contributed by atoms with Crippen LogP contribution in [0.4, 0.5) is 0 Å². The fourth-order valence-corrected chi connectivity index (χ4v) is 3.20. The fourth-order valence-electron chi connectivity index (χ4n) is 3.20. The van der Waals surface area contributed by atoms with Gasteiger partial charge in [0.15, 0.2) is 0 Å². The molecule has 0 unspecified atom stereocenters. The average Bonchev–Trinajstić information content (AvgIpc) is 3.13. The Morgan fingerprint density at radius 1 is 1.28 bits per heavy atom. The number of carbonyl (C=O) groups is 1. The summed E-state index contributed by atoms with van der Waals surface area (Å²) in [6.45, 7) is 7.76. The van der Waals surface area contributed by atoms with Crippen molar-refractivity contribution in [3.8, 4) is 5.69 Å². The minimum atomic E-state index is 0.0980. The molecule has 1 saturated heterocycles. The van der Waals surface area contributed by atoms with Crippen molar-refractivity contribution in [2.24, 2.45) is 0 Å². The van der Waals surface area contributed by atoms with Crippen LogP contribution < -0.4 is 5.32 Å². The first-order valence-electron chi connectivity index (χ1n) is 8.78. The van der Waals surface area contributed by atoms with E-state index in [1.807, 2.05) is 29.5 Å². The molecule has 0 radical (unpaired) electrons. The van der Waals surface area contributed by atoms with Gasteiger partial charge in [0, 0.05) is 37.2 Å². The molecule has 1 fully saturated rings. The van der Waals surface area contributed by atoms with E-state index in [0.29, 0.717) is 19.6 Å². The maximum Gasteiger partial charge on any atom is 0.236 e. The molecular weight excluding hydrogens is 316 g/mol. The standard InChI is InChI=1S/C19H26N4O2/c1-14-11-23(12-15(2)25-14)19(24)10-21-16(3)17-4-6-18(7-5-17)22-9-8-20-13-22/h4-9,13-16,21H,10-12H2,1-3H3/t14-,15+,16-/m1/s1. The lowest BCUT2D eigenvalue weighted by Crippen LogP contribution is -2.50. The van der Waals surface area contributed by atoms with Crippen LogP contribution in [0.25, 0.3) is 5.69 Å². The monoisotopic (exact) mass is 342 g/mol. The number of nitrogens with zero attached hydrogens (tertiary/aromatic N) is 3. The molecule has 2 heterocycles. The number of imidazole rings is 1. The lowest BCUT2D eigenvalue weighted by Gasteiger charge is -2.35. The smallest absolute Gasteiger partial charge is 0.236 e. The van der Waals surface area contributed by atoms with E-state index in [9.17, 15) is 4.79 Å². The zero-order valence-electron chi connectivity index (χ0n) is 15.1. The number of aromatic nitrogens is 2. The molecule has 1 aromatic heterocycles. The summed E-state index contributed by atoms with van der Waals surface area (Å²) in [7, 11) is 0. The molecule has 134 valence electrons. The van der Waals surface area contributed by atoms with Crippen molar-refractivity contribution < 1.29 is 9.53 Å². The summed E-state index contributed by atoms with van der Waals surface area (Å²) in [4.78, 5) is 18.4. The lowest BCUT2D eigenvalue weighted by molar-refractivity contribution is -0.142. The van der Waals surface area contributed by atoms with Crippen molar-refractivity contribution in [2.45, 2.75) is 39.0 Å². The van der Waals surface area contributed by atoms with Crippen molar-refractivity contribution in [3.05, 3.63) is 48.5 Å². The molecule has 3 rings (SSSR count). The largest absolute Gasteiger partial charge is 0.372 e. The van der Waals surface area contributed by atoms with Crippen LogP contribution in [0, 0.1) is 0 Å². The third-order valence-electron chi connectivity index (χ3n) is 4.53. The minimum absolute atomic E-state index is 0.0980. The Morgan fingerprint density at radius 3 is 2.56 bits per heavy atom. The van der Waals surface area contributed by atoms with Crippen molar-refractivity contribution in [2.75, 3.05) is 19.6 Å². The summed E-state index contributed by atoms with van der Waals surface area (Å²) < 4.78 is 7.65. The third kappa shape index (κ3) is 4.46. The van der Waals surface area contributed by atoms with Gasteiger partial charge >= 0.3 is 0 Å². The first-order chi connectivity index (χ1) is 12.0. The van der Waals surface area contributed by atoms with Crippen LogP contribution in [0.5, 0.6) is 0 Å². The number of carbonyl (C=O) groups excluding carboxylic acids is 1. The summed E-state index contributed by atoms with van der Waals surface area (Å²) in [6.07, 6.45) is 5.65. The fraction of sp³-hybridized carbons (Fsp3) is 0.474. The molecular formula is C19H26N4O2. The van der Waals surface area contributed by atoms with Crippen molar-refractivity contribution in [1.82, 2.24) is 19.8 Å². The lowest BCUT2D eigenvalue weighted by atomic mass is 10.1.